The Morgan fingerprint density at radius 3 is 2.62 bits per heavy atom. The fraction of sp³-hybridized carbons (Fsp3) is 0.562. The normalized spacial score (nSPS) is 14.3. The average molecular weight is 299 g/mol. The molecule has 0 bridgehead atoms. The predicted octanol–water partition coefficient (Wildman–Crippen LogP) is 2.92. The molecule has 0 aliphatic rings. The van der Waals surface area contributed by atoms with Crippen molar-refractivity contribution in [3.63, 3.8) is 0 Å². The Labute approximate surface area is 126 Å². The molecular formula is C16H26FNO3. The number of allylic oxidation sites excluding steroid dienone is 4. The molecule has 0 aromatic carbocycles. The molecule has 1 unspecified atom stereocenters. The van der Waals surface area contributed by atoms with Crippen molar-refractivity contribution in [2.24, 2.45) is 0 Å². The number of alkyl halides is 1. The van der Waals surface area contributed by atoms with Gasteiger partial charge in [0.25, 0.3) is 0 Å². The SMILES string of the molecule is C/C=C/C(=C\C=C(/C)OCC(CCF)NCC)C(=O)OC. The van der Waals surface area contributed by atoms with Crippen LogP contribution in [0.15, 0.2) is 35.6 Å². The molecule has 0 aromatic heterocycles. The first-order chi connectivity index (χ1) is 10.1. The Morgan fingerprint density at radius 2 is 2.10 bits per heavy atom. The van der Waals surface area contributed by atoms with Gasteiger partial charge in [0.15, 0.2) is 0 Å². The number of hydrogen-bond donors (Lipinski definition) is 1. The Bertz CT molecular complexity index is 383. The molecule has 0 radical (unpaired) electrons. The van der Waals surface area contributed by atoms with Crippen LogP contribution >= 0.6 is 0 Å². The maximum absolute atomic E-state index is 12.4. The lowest BCUT2D eigenvalue weighted by atomic mass is 10.2. The van der Waals surface area contributed by atoms with Gasteiger partial charge in [-0.15, -0.1) is 0 Å². The number of esters is 1. The highest BCUT2D eigenvalue weighted by molar-refractivity contribution is 5.91. The molecule has 0 aliphatic carbocycles. The summed E-state index contributed by atoms with van der Waals surface area (Å²) < 4.78 is 22.6. The Kier molecular flexibility index (Phi) is 11.2. The van der Waals surface area contributed by atoms with Crippen LogP contribution in [0.25, 0.3) is 0 Å². The maximum Gasteiger partial charge on any atom is 0.337 e. The molecule has 0 fully saturated rings. The summed E-state index contributed by atoms with van der Waals surface area (Å²) in [5.41, 5.74) is 0.440. The van der Waals surface area contributed by atoms with Gasteiger partial charge in [-0.3, -0.25) is 4.39 Å². The van der Waals surface area contributed by atoms with Gasteiger partial charge in [-0.05, 0) is 39.0 Å². The third-order valence-electron chi connectivity index (χ3n) is 2.73. The summed E-state index contributed by atoms with van der Waals surface area (Å²) in [5.74, 6) is 0.253. The van der Waals surface area contributed by atoms with Crippen molar-refractivity contribution in [3.05, 3.63) is 35.6 Å². The lowest BCUT2D eigenvalue weighted by molar-refractivity contribution is -0.135. The van der Waals surface area contributed by atoms with Gasteiger partial charge in [0.05, 0.1) is 25.1 Å². The number of hydrogen-bond acceptors (Lipinski definition) is 4. The third-order valence-corrected chi connectivity index (χ3v) is 2.73. The molecule has 0 aliphatic heterocycles. The van der Waals surface area contributed by atoms with E-state index < -0.39 is 5.97 Å². The third kappa shape index (κ3) is 9.02. The van der Waals surface area contributed by atoms with E-state index in [1.165, 1.54) is 7.11 Å². The second-order valence-corrected chi connectivity index (χ2v) is 4.43. The molecule has 0 heterocycles. The van der Waals surface area contributed by atoms with E-state index in [0.717, 1.165) is 6.54 Å². The minimum absolute atomic E-state index is 0.0112. The quantitative estimate of drug-likeness (QED) is 0.292. The number of carbonyl (C=O) groups excluding carboxylic acids is 1. The Hall–Kier alpha value is -1.62. The average Bonchev–Trinajstić information content (AvgIpc) is 2.48. The van der Waals surface area contributed by atoms with E-state index in [-0.39, 0.29) is 12.7 Å². The summed E-state index contributed by atoms with van der Waals surface area (Å²) in [6.07, 6.45) is 7.18. The predicted molar refractivity (Wildman–Crippen MR) is 82.7 cm³/mol. The van der Waals surface area contributed by atoms with Crippen LogP contribution in [0.3, 0.4) is 0 Å². The van der Waals surface area contributed by atoms with Gasteiger partial charge in [0.2, 0.25) is 0 Å². The number of nitrogens with one attached hydrogen (secondary N) is 1. The van der Waals surface area contributed by atoms with Crippen molar-refractivity contribution in [1.29, 1.82) is 0 Å². The van der Waals surface area contributed by atoms with E-state index in [0.29, 0.717) is 24.4 Å². The van der Waals surface area contributed by atoms with Crippen molar-refractivity contribution in [2.45, 2.75) is 33.2 Å². The van der Waals surface area contributed by atoms with E-state index in [1.807, 2.05) is 13.8 Å². The highest BCUT2D eigenvalue weighted by Gasteiger charge is 2.08. The van der Waals surface area contributed by atoms with Crippen LogP contribution in [0, 0.1) is 0 Å². The largest absolute Gasteiger partial charge is 0.497 e. The number of ether oxygens (including phenoxy) is 2. The first-order valence-electron chi connectivity index (χ1n) is 7.10. The molecule has 1 N–H and O–H groups in total. The summed E-state index contributed by atoms with van der Waals surface area (Å²) in [4.78, 5) is 11.5. The molecule has 0 saturated carbocycles. The van der Waals surface area contributed by atoms with E-state index in [4.69, 9.17) is 4.74 Å². The molecule has 1 atom stereocenters. The highest BCUT2D eigenvalue weighted by Crippen LogP contribution is 2.05. The van der Waals surface area contributed by atoms with Crippen LogP contribution in [-0.4, -0.2) is 38.9 Å². The van der Waals surface area contributed by atoms with Crippen LogP contribution in [0.1, 0.15) is 27.2 Å². The molecule has 0 saturated heterocycles. The molecule has 0 aromatic rings. The lowest BCUT2D eigenvalue weighted by Crippen LogP contribution is -2.33. The van der Waals surface area contributed by atoms with Crippen LogP contribution in [0.5, 0.6) is 0 Å². The van der Waals surface area contributed by atoms with E-state index in [9.17, 15) is 9.18 Å². The highest BCUT2D eigenvalue weighted by atomic mass is 19.1. The first kappa shape index (κ1) is 19.4. The molecule has 21 heavy (non-hydrogen) atoms. The fourth-order valence-corrected chi connectivity index (χ4v) is 1.64. The second kappa shape index (κ2) is 12.1. The van der Waals surface area contributed by atoms with Gasteiger partial charge >= 0.3 is 5.97 Å². The molecule has 0 spiro atoms. The van der Waals surface area contributed by atoms with Gasteiger partial charge in [-0.1, -0.05) is 19.1 Å². The number of carbonyl (C=O) groups is 1. The van der Waals surface area contributed by atoms with Gasteiger partial charge < -0.3 is 14.8 Å². The van der Waals surface area contributed by atoms with Gasteiger partial charge in [0, 0.05) is 6.04 Å². The topological polar surface area (TPSA) is 47.6 Å². The monoisotopic (exact) mass is 299 g/mol. The molecular weight excluding hydrogens is 273 g/mol. The number of likely N-dealkylation sites (N-methyl/N-ethyl adjacent to an activating group) is 1. The molecule has 0 rings (SSSR count). The van der Waals surface area contributed by atoms with Gasteiger partial charge in [-0.2, -0.15) is 0 Å². The van der Waals surface area contributed by atoms with Crippen molar-refractivity contribution < 1.29 is 18.7 Å². The zero-order valence-corrected chi connectivity index (χ0v) is 13.3. The molecule has 5 heteroatoms. The number of rotatable bonds is 10. The zero-order valence-electron chi connectivity index (χ0n) is 13.3. The van der Waals surface area contributed by atoms with Crippen molar-refractivity contribution >= 4 is 5.97 Å². The van der Waals surface area contributed by atoms with Crippen LogP contribution in [0.2, 0.25) is 0 Å². The van der Waals surface area contributed by atoms with Gasteiger partial charge in [-0.25, -0.2) is 4.79 Å². The Morgan fingerprint density at radius 1 is 1.38 bits per heavy atom. The van der Waals surface area contributed by atoms with Crippen molar-refractivity contribution in [3.8, 4) is 0 Å². The molecule has 120 valence electrons. The summed E-state index contributed by atoms with van der Waals surface area (Å²) in [6.45, 7) is 6.37. The molecule has 4 nitrogen and oxygen atoms in total. The van der Waals surface area contributed by atoms with Crippen molar-refractivity contribution in [1.82, 2.24) is 5.32 Å². The van der Waals surface area contributed by atoms with Crippen LogP contribution in [0.4, 0.5) is 4.39 Å². The summed E-state index contributed by atoms with van der Waals surface area (Å²) in [7, 11) is 1.34. The summed E-state index contributed by atoms with van der Waals surface area (Å²) in [6, 6.07) is -0.0112. The minimum atomic E-state index is -0.403. The molecule has 0 amide bonds. The van der Waals surface area contributed by atoms with Crippen LogP contribution < -0.4 is 5.32 Å². The van der Waals surface area contributed by atoms with E-state index in [2.05, 4.69) is 10.1 Å². The smallest absolute Gasteiger partial charge is 0.337 e. The zero-order chi connectivity index (χ0) is 16.1. The van der Waals surface area contributed by atoms with Gasteiger partial charge in [0.1, 0.15) is 6.61 Å². The van der Waals surface area contributed by atoms with Crippen molar-refractivity contribution in [2.75, 3.05) is 26.9 Å². The maximum atomic E-state index is 12.4. The minimum Gasteiger partial charge on any atom is -0.497 e. The van der Waals surface area contributed by atoms with Crippen LogP contribution in [-0.2, 0) is 14.3 Å². The van der Waals surface area contributed by atoms with E-state index >= 15 is 0 Å². The second-order valence-electron chi connectivity index (χ2n) is 4.43. The Balaban J connectivity index is 4.60. The van der Waals surface area contributed by atoms with E-state index in [1.54, 1.807) is 31.2 Å². The summed E-state index contributed by atoms with van der Waals surface area (Å²) in [5, 5.41) is 3.16. The number of methoxy groups -OCH3 is 1. The summed E-state index contributed by atoms with van der Waals surface area (Å²) >= 11 is 0. The first-order valence-corrected chi connectivity index (χ1v) is 7.10. The standard InChI is InChI=1S/C16H26FNO3/c1-5-7-14(16(19)20-4)9-8-13(3)21-12-15(10-11-17)18-6-2/h5,7-9,15,18H,6,10-12H2,1-4H3/b7-5+,13-8+,14-9+. The fourth-order valence-electron chi connectivity index (χ4n) is 1.64. The number of halogens is 1. The lowest BCUT2D eigenvalue weighted by Gasteiger charge is -2.17.